The molecule has 0 saturated carbocycles. The first-order valence-corrected chi connectivity index (χ1v) is 7.39. The average molecular weight is 297 g/mol. The monoisotopic (exact) mass is 297 g/mol. The normalized spacial score (nSPS) is 12.0. The highest BCUT2D eigenvalue weighted by molar-refractivity contribution is 5.71. The molecule has 1 unspecified atom stereocenters. The molecule has 0 radical (unpaired) electrons. The van der Waals surface area contributed by atoms with Gasteiger partial charge in [-0.1, -0.05) is 26.3 Å². The first kappa shape index (κ1) is 17.4. The fourth-order valence-electron chi connectivity index (χ4n) is 1.88. The predicted molar refractivity (Wildman–Crippen MR) is 79.9 cm³/mol. The van der Waals surface area contributed by atoms with Crippen molar-refractivity contribution in [2.24, 2.45) is 0 Å². The van der Waals surface area contributed by atoms with Crippen molar-refractivity contribution in [1.29, 1.82) is 0 Å². The van der Waals surface area contributed by atoms with E-state index in [1.165, 1.54) is 6.07 Å². The fourth-order valence-corrected chi connectivity index (χ4v) is 1.88. The summed E-state index contributed by atoms with van der Waals surface area (Å²) >= 11 is 0. The van der Waals surface area contributed by atoms with E-state index in [-0.39, 0.29) is 18.5 Å². The molecule has 1 aromatic carbocycles. The number of hydrogen-bond acceptors (Lipinski definition) is 4. The van der Waals surface area contributed by atoms with Gasteiger partial charge in [0.05, 0.1) is 6.61 Å². The SMILES string of the molecule is CCCCOC(=O)COc1ccc(C(C)NCC)c(F)c1. The first-order chi connectivity index (χ1) is 10.1. The van der Waals surface area contributed by atoms with Gasteiger partial charge in [-0.05, 0) is 26.0 Å². The molecule has 0 amide bonds. The fraction of sp³-hybridized carbons (Fsp3) is 0.562. The molecule has 0 saturated heterocycles. The van der Waals surface area contributed by atoms with Crippen molar-refractivity contribution in [2.75, 3.05) is 19.8 Å². The maximum atomic E-state index is 14.0. The van der Waals surface area contributed by atoms with Crippen LogP contribution in [0.15, 0.2) is 18.2 Å². The van der Waals surface area contributed by atoms with Crippen LogP contribution in [0.4, 0.5) is 4.39 Å². The lowest BCUT2D eigenvalue weighted by atomic mass is 10.1. The Morgan fingerprint density at radius 2 is 2.14 bits per heavy atom. The Bertz CT molecular complexity index is 451. The van der Waals surface area contributed by atoms with Gasteiger partial charge in [-0.15, -0.1) is 0 Å². The van der Waals surface area contributed by atoms with Crippen molar-refractivity contribution in [3.05, 3.63) is 29.6 Å². The lowest BCUT2D eigenvalue weighted by Gasteiger charge is -2.14. The number of rotatable bonds is 9. The molecule has 0 aromatic heterocycles. The molecule has 4 nitrogen and oxygen atoms in total. The second-order valence-electron chi connectivity index (χ2n) is 4.83. The molecule has 21 heavy (non-hydrogen) atoms. The Hall–Kier alpha value is -1.62. The Morgan fingerprint density at radius 3 is 2.76 bits per heavy atom. The van der Waals surface area contributed by atoms with E-state index in [0.717, 1.165) is 19.4 Å². The molecule has 1 rings (SSSR count). The molecule has 1 aromatic rings. The van der Waals surface area contributed by atoms with Crippen LogP contribution in [0.3, 0.4) is 0 Å². The number of unbranched alkanes of at least 4 members (excludes halogenated alkanes) is 1. The molecule has 1 N–H and O–H groups in total. The molecule has 5 heteroatoms. The standard InChI is InChI=1S/C16H24FNO3/c1-4-6-9-20-16(19)11-21-13-7-8-14(15(17)10-13)12(3)18-5-2/h7-8,10,12,18H,4-6,9,11H2,1-3H3. The summed E-state index contributed by atoms with van der Waals surface area (Å²) in [6.45, 7) is 6.84. The van der Waals surface area contributed by atoms with E-state index in [1.54, 1.807) is 12.1 Å². The van der Waals surface area contributed by atoms with Crippen molar-refractivity contribution in [2.45, 2.75) is 39.7 Å². The number of carbonyl (C=O) groups is 1. The zero-order chi connectivity index (χ0) is 15.7. The molecule has 0 aliphatic carbocycles. The summed E-state index contributed by atoms with van der Waals surface area (Å²) in [5, 5.41) is 3.15. The Balaban J connectivity index is 2.50. The number of carbonyl (C=O) groups excluding carboxylic acids is 1. The summed E-state index contributed by atoms with van der Waals surface area (Å²) in [7, 11) is 0. The summed E-state index contributed by atoms with van der Waals surface area (Å²) in [6.07, 6.45) is 1.79. The van der Waals surface area contributed by atoms with Crippen molar-refractivity contribution < 1.29 is 18.7 Å². The van der Waals surface area contributed by atoms with Crippen LogP contribution >= 0.6 is 0 Å². The second kappa shape index (κ2) is 9.34. The largest absolute Gasteiger partial charge is 0.482 e. The zero-order valence-corrected chi connectivity index (χ0v) is 12.9. The summed E-state index contributed by atoms with van der Waals surface area (Å²) in [6, 6.07) is 4.55. The first-order valence-electron chi connectivity index (χ1n) is 7.39. The molecule has 0 heterocycles. The molecule has 0 fully saturated rings. The van der Waals surface area contributed by atoms with Gasteiger partial charge in [0.15, 0.2) is 6.61 Å². The third-order valence-corrected chi connectivity index (χ3v) is 3.07. The van der Waals surface area contributed by atoms with Crippen LogP contribution in [-0.2, 0) is 9.53 Å². The molecule has 0 spiro atoms. The van der Waals surface area contributed by atoms with Crippen LogP contribution in [0.2, 0.25) is 0 Å². The Labute approximate surface area is 125 Å². The van der Waals surface area contributed by atoms with E-state index in [9.17, 15) is 9.18 Å². The van der Waals surface area contributed by atoms with Gasteiger partial charge < -0.3 is 14.8 Å². The summed E-state index contributed by atoms with van der Waals surface area (Å²) in [4.78, 5) is 11.4. The van der Waals surface area contributed by atoms with Gasteiger partial charge in [0, 0.05) is 17.7 Å². The lowest BCUT2D eigenvalue weighted by molar-refractivity contribution is -0.146. The third-order valence-electron chi connectivity index (χ3n) is 3.07. The molecule has 0 aliphatic heterocycles. The quantitative estimate of drug-likeness (QED) is 0.561. The highest BCUT2D eigenvalue weighted by atomic mass is 19.1. The minimum Gasteiger partial charge on any atom is -0.482 e. The number of nitrogens with one attached hydrogen (secondary N) is 1. The average Bonchev–Trinajstić information content (AvgIpc) is 2.45. The van der Waals surface area contributed by atoms with Crippen molar-refractivity contribution in [3.63, 3.8) is 0 Å². The van der Waals surface area contributed by atoms with Gasteiger partial charge in [-0.3, -0.25) is 0 Å². The molecular formula is C16H24FNO3. The number of halogens is 1. The van der Waals surface area contributed by atoms with Crippen LogP contribution < -0.4 is 10.1 Å². The van der Waals surface area contributed by atoms with E-state index in [2.05, 4.69) is 5.32 Å². The van der Waals surface area contributed by atoms with Crippen LogP contribution in [-0.4, -0.2) is 25.7 Å². The van der Waals surface area contributed by atoms with Crippen LogP contribution in [0.5, 0.6) is 5.75 Å². The van der Waals surface area contributed by atoms with E-state index in [4.69, 9.17) is 9.47 Å². The smallest absolute Gasteiger partial charge is 0.344 e. The van der Waals surface area contributed by atoms with Gasteiger partial charge in [0.25, 0.3) is 0 Å². The van der Waals surface area contributed by atoms with Gasteiger partial charge in [0.2, 0.25) is 0 Å². The number of hydrogen-bond donors (Lipinski definition) is 1. The Kier molecular flexibility index (Phi) is 7.75. The van der Waals surface area contributed by atoms with Crippen LogP contribution in [0.25, 0.3) is 0 Å². The maximum absolute atomic E-state index is 14.0. The van der Waals surface area contributed by atoms with Gasteiger partial charge in [0.1, 0.15) is 11.6 Å². The van der Waals surface area contributed by atoms with Gasteiger partial charge in [-0.25, -0.2) is 9.18 Å². The van der Waals surface area contributed by atoms with Crippen LogP contribution in [0, 0.1) is 5.82 Å². The topological polar surface area (TPSA) is 47.6 Å². The van der Waals surface area contributed by atoms with E-state index >= 15 is 0 Å². The maximum Gasteiger partial charge on any atom is 0.344 e. The van der Waals surface area contributed by atoms with E-state index in [1.807, 2.05) is 20.8 Å². The summed E-state index contributed by atoms with van der Waals surface area (Å²) in [5.74, 6) is -0.457. The Morgan fingerprint density at radius 1 is 1.38 bits per heavy atom. The predicted octanol–water partition coefficient (Wildman–Crippen LogP) is 3.22. The molecular weight excluding hydrogens is 273 g/mol. The molecule has 0 aliphatic rings. The number of benzene rings is 1. The van der Waals surface area contributed by atoms with E-state index in [0.29, 0.717) is 17.9 Å². The van der Waals surface area contributed by atoms with E-state index < -0.39 is 5.97 Å². The molecule has 118 valence electrons. The van der Waals surface area contributed by atoms with Crippen molar-refractivity contribution >= 4 is 5.97 Å². The van der Waals surface area contributed by atoms with Crippen molar-refractivity contribution in [1.82, 2.24) is 5.32 Å². The highest BCUT2D eigenvalue weighted by Gasteiger charge is 2.11. The van der Waals surface area contributed by atoms with Crippen LogP contribution in [0.1, 0.15) is 45.2 Å². The zero-order valence-electron chi connectivity index (χ0n) is 12.9. The van der Waals surface area contributed by atoms with Gasteiger partial charge >= 0.3 is 5.97 Å². The number of esters is 1. The summed E-state index contributed by atoms with van der Waals surface area (Å²) < 4.78 is 24.2. The minimum absolute atomic E-state index is 0.0666. The molecule has 1 atom stereocenters. The minimum atomic E-state index is -0.436. The molecule has 0 bridgehead atoms. The van der Waals surface area contributed by atoms with Gasteiger partial charge in [-0.2, -0.15) is 0 Å². The lowest BCUT2D eigenvalue weighted by Crippen LogP contribution is -2.19. The number of ether oxygens (including phenoxy) is 2. The second-order valence-corrected chi connectivity index (χ2v) is 4.83. The highest BCUT2D eigenvalue weighted by Crippen LogP contribution is 2.21. The summed E-state index contributed by atoms with van der Waals surface area (Å²) in [5.41, 5.74) is 0.578. The van der Waals surface area contributed by atoms with Crippen molar-refractivity contribution in [3.8, 4) is 5.75 Å². The third kappa shape index (κ3) is 6.12.